The van der Waals surface area contributed by atoms with E-state index < -0.39 is 5.60 Å². The number of nitriles is 1. The van der Waals surface area contributed by atoms with Gasteiger partial charge in [-0.1, -0.05) is 28.7 Å². The second-order valence-corrected chi connectivity index (χ2v) is 7.05. The van der Waals surface area contributed by atoms with Gasteiger partial charge >= 0.3 is 0 Å². The number of ether oxygens (including phenoxy) is 1. The van der Waals surface area contributed by atoms with Crippen molar-refractivity contribution in [1.29, 1.82) is 5.26 Å². The van der Waals surface area contributed by atoms with Gasteiger partial charge in [0.05, 0.1) is 40.4 Å². The van der Waals surface area contributed by atoms with Crippen molar-refractivity contribution in [3.05, 3.63) is 53.1 Å². The summed E-state index contributed by atoms with van der Waals surface area (Å²) in [5, 5.41) is 9.24. The van der Waals surface area contributed by atoms with Crippen LogP contribution in [-0.4, -0.2) is 20.1 Å². The van der Waals surface area contributed by atoms with Crippen LogP contribution in [0.25, 0.3) is 0 Å². The highest BCUT2D eigenvalue weighted by Crippen LogP contribution is 2.48. The van der Waals surface area contributed by atoms with E-state index in [1.165, 1.54) is 5.56 Å². The molecule has 0 fully saturated rings. The fourth-order valence-corrected chi connectivity index (χ4v) is 4.66. The van der Waals surface area contributed by atoms with Crippen LogP contribution in [0.5, 0.6) is 0 Å². The molecule has 2 heterocycles. The molecule has 0 radical (unpaired) electrons. The van der Waals surface area contributed by atoms with Gasteiger partial charge in [-0.2, -0.15) is 5.26 Å². The van der Waals surface area contributed by atoms with Crippen LogP contribution >= 0.6 is 22.6 Å². The predicted octanol–water partition coefficient (Wildman–Crippen LogP) is 2.78. The first-order chi connectivity index (χ1) is 10.3. The molecule has 106 valence electrons. The number of rotatable bonds is 0. The van der Waals surface area contributed by atoms with Gasteiger partial charge in [0.2, 0.25) is 0 Å². The van der Waals surface area contributed by atoms with Gasteiger partial charge in [0.1, 0.15) is 5.60 Å². The van der Waals surface area contributed by atoms with Gasteiger partial charge in [-0.05, 0) is 36.1 Å². The Bertz CT molecular complexity index is 748. The molecule has 1 unspecified atom stereocenters. The highest BCUT2D eigenvalue weighted by Gasteiger charge is 2.49. The van der Waals surface area contributed by atoms with Crippen molar-refractivity contribution < 1.29 is 4.74 Å². The number of aryl methyl sites for hydroxylation is 1. The van der Waals surface area contributed by atoms with Crippen LogP contribution < -0.4 is 0 Å². The van der Waals surface area contributed by atoms with Crippen molar-refractivity contribution in [2.75, 3.05) is 6.61 Å². The number of halogens is 1. The molecule has 0 saturated carbocycles. The third-order valence-corrected chi connectivity index (χ3v) is 6.00. The van der Waals surface area contributed by atoms with Gasteiger partial charge in [0.15, 0.2) is 0 Å². The maximum Gasteiger partial charge on any atom is 0.147 e. The SMILES string of the molecule is N#Cc1ccc2c(c1)C1(OCCn3cncc31)[C@@H](I)CC2. The summed E-state index contributed by atoms with van der Waals surface area (Å²) in [5.41, 5.74) is 3.78. The average molecular weight is 391 g/mol. The summed E-state index contributed by atoms with van der Waals surface area (Å²) in [5.74, 6) is 0. The minimum absolute atomic E-state index is 0.340. The van der Waals surface area contributed by atoms with Crippen molar-refractivity contribution in [3.63, 3.8) is 0 Å². The standard InChI is InChI=1S/C16H14IN3O/c17-14-4-3-12-2-1-11(8-18)7-13(12)16(14)15-9-19-10-20(15)5-6-21-16/h1-2,7,9-10,14H,3-6H2/t14-,16?/m0/s1. The Kier molecular flexibility index (Phi) is 3.05. The van der Waals surface area contributed by atoms with E-state index >= 15 is 0 Å². The number of hydrogen-bond donors (Lipinski definition) is 0. The van der Waals surface area contributed by atoms with Crippen molar-refractivity contribution >= 4 is 22.6 Å². The molecule has 1 aromatic carbocycles. The summed E-state index contributed by atoms with van der Waals surface area (Å²) in [6.07, 6.45) is 5.91. The van der Waals surface area contributed by atoms with E-state index in [-0.39, 0.29) is 0 Å². The molecule has 0 bridgehead atoms. The van der Waals surface area contributed by atoms with Gasteiger partial charge in [-0.15, -0.1) is 0 Å². The van der Waals surface area contributed by atoms with Gasteiger partial charge in [-0.3, -0.25) is 0 Å². The molecule has 4 rings (SSSR count). The fraction of sp³-hybridized carbons (Fsp3) is 0.375. The summed E-state index contributed by atoms with van der Waals surface area (Å²) >= 11 is 2.49. The van der Waals surface area contributed by atoms with Crippen LogP contribution in [0, 0.1) is 11.3 Å². The molecule has 1 aromatic heterocycles. The fourth-order valence-electron chi connectivity index (χ4n) is 3.52. The number of benzene rings is 1. The molecule has 5 heteroatoms. The summed E-state index contributed by atoms with van der Waals surface area (Å²) in [7, 11) is 0. The Morgan fingerprint density at radius 2 is 2.38 bits per heavy atom. The molecular weight excluding hydrogens is 377 g/mol. The van der Waals surface area contributed by atoms with E-state index in [1.54, 1.807) is 0 Å². The summed E-state index contributed by atoms with van der Waals surface area (Å²) in [4.78, 5) is 4.32. The van der Waals surface area contributed by atoms with Crippen molar-refractivity contribution in [1.82, 2.24) is 9.55 Å². The molecule has 1 aliphatic heterocycles. The van der Waals surface area contributed by atoms with Gasteiger partial charge in [0.25, 0.3) is 0 Å². The zero-order chi connectivity index (χ0) is 14.4. The van der Waals surface area contributed by atoms with E-state index in [4.69, 9.17) is 4.74 Å². The molecule has 2 aromatic rings. The van der Waals surface area contributed by atoms with Crippen LogP contribution in [0.3, 0.4) is 0 Å². The number of aromatic nitrogens is 2. The van der Waals surface area contributed by atoms with Gasteiger partial charge in [0, 0.05) is 6.54 Å². The zero-order valence-electron chi connectivity index (χ0n) is 11.4. The van der Waals surface area contributed by atoms with Crippen molar-refractivity contribution in [2.24, 2.45) is 0 Å². The van der Waals surface area contributed by atoms with Gasteiger partial charge < -0.3 is 9.30 Å². The van der Waals surface area contributed by atoms with E-state index in [0.29, 0.717) is 16.1 Å². The number of hydrogen-bond acceptors (Lipinski definition) is 3. The molecule has 2 aliphatic rings. The third-order valence-electron chi connectivity index (χ3n) is 4.50. The number of imidazole rings is 1. The Balaban J connectivity index is 2.01. The Labute approximate surface area is 136 Å². The smallest absolute Gasteiger partial charge is 0.147 e. The monoisotopic (exact) mass is 391 g/mol. The maximum absolute atomic E-state index is 9.24. The second kappa shape index (κ2) is 4.82. The zero-order valence-corrected chi connectivity index (χ0v) is 13.6. The van der Waals surface area contributed by atoms with Crippen molar-refractivity contribution in [2.45, 2.75) is 28.9 Å². The minimum atomic E-state index is -0.463. The number of alkyl halides is 1. The molecular formula is C16H14IN3O. The van der Waals surface area contributed by atoms with E-state index in [0.717, 1.165) is 30.6 Å². The van der Waals surface area contributed by atoms with E-state index in [2.05, 4.69) is 44.3 Å². The largest absolute Gasteiger partial charge is 0.361 e. The number of fused-ring (bicyclic) bond motifs is 4. The Hall–Kier alpha value is -1.39. The first-order valence-electron chi connectivity index (χ1n) is 7.08. The normalized spacial score (nSPS) is 27.0. The highest BCUT2D eigenvalue weighted by atomic mass is 127. The lowest BCUT2D eigenvalue weighted by molar-refractivity contribution is -0.0503. The molecule has 0 amide bonds. The molecule has 21 heavy (non-hydrogen) atoms. The minimum Gasteiger partial charge on any atom is -0.361 e. The molecule has 1 aliphatic carbocycles. The Morgan fingerprint density at radius 3 is 3.24 bits per heavy atom. The molecule has 2 atom stereocenters. The summed E-state index contributed by atoms with van der Waals surface area (Å²) in [6.45, 7) is 1.52. The van der Waals surface area contributed by atoms with Crippen LogP contribution in [-0.2, 0) is 23.3 Å². The van der Waals surface area contributed by atoms with Crippen LogP contribution in [0.15, 0.2) is 30.7 Å². The molecule has 4 nitrogen and oxygen atoms in total. The number of nitrogens with zero attached hydrogens (tertiary/aromatic N) is 3. The summed E-state index contributed by atoms with van der Waals surface area (Å²) in [6, 6.07) is 8.24. The van der Waals surface area contributed by atoms with E-state index in [1.807, 2.05) is 24.7 Å². The first-order valence-corrected chi connectivity index (χ1v) is 8.32. The highest BCUT2D eigenvalue weighted by molar-refractivity contribution is 14.1. The van der Waals surface area contributed by atoms with Crippen LogP contribution in [0.1, 0.15) is 28.8 Å². The second-order valence-electron chi connectivity index (χ2n) is 5.55. The molecule has 1 spiro atoms. The lowest BCUT2D eigenvalue weighted by Gasteiger charge is -2.45. The Morgan fingerprint density at radius 1 is 1.48 bits per heavy atom. The van der Waals surface area contributed by atoms with Gasteiger partial charge in [-0.25, -0.2) is 4.98 Å². The molecule has 0 saturated heterocycles. The van der Waals surface area contributed by atoms with E-state index in [9.17, 15) is 5.26 Å². The molecule has 0 N–H and O–H groups in total. The summed E-state index contributed by atoms with van der Waals surface area (Å²) < 4.78 is 8.88. The predicted molar refractivity (Wildman–Crippen MR) is 86.2 cm³/mol. The lowest BCUT2D eigenvalue weighted by Crippen LogP contribution is -2.48. The van der Waals surface area contributed by atoms with Crippen molar-refractivity contribution in [3.8, 4) is 6.07 Å². The topological polar surface area (TPSA) is 50.8 Å². The van der Waals surface area contributed by atoms with Crippen LogP contribution in [0.2, 0.25) is 0 Å². The van der Waals surface area contributed by atoms with Crippen LogP contribution in [0.4, 0.5) is 0 Å². The third kappa shape index (κ3) is 1.79. The maximum atomic E-state index is 9.24. The lowest BCUT2D eigenvalue weighted by atomic mass is 9.76. The quantitative estimate of drug-likeness (QED) is 0.513. The first kappa shape index (κ1) is 13.3. The average Bonchev–Trinajstić information content (AvgIpc) is 3.00.